The Kier molecular flexibility index (Phi) is 5.90. The monoisotopic (exact) mass is 369 g/mol. The molecular formula is C22H31N3O2. The number of hydrogen-bond donors (Lipinski definition) is 0. The van der Waals surface area contributed by atoms with Gasteiger partial charge in [-0.3, -0.25) is 9.69 Å². The van der Waals surface area contributed by atoms with Gasteiger partial charge in [0.25, 0.3) is 0 Å². The zero-order chi connectivity index (χ0) is 19.6. The van der Waals surface area contributed by atoms with Crippen molar-refractivity contribution in [2.24, 2.45) is 0 Å². The topological polar surface area (TPSA) is 37.7 Å². The molecule has 0 amide bonds. The second-order valence-corrected chi connectivity index (χ2v) is 7.63. The van der Waals surface area contributed by atoms with Gasteiger partial charge in [0.2, 0.25) is 0 Å². The molecule has 0 unspecified atom stereocenters. The molecule has 1 saturated heterocycles. The third-order valence-electron chi connectivity index (χ3n) is 5.48. The van der Waals surface area contributed by atoms with Crippen LogP contribution in [0.25, 0.3) is 0 Å². The summed E-state index contributed by atoms with van der Waals surface area (Å²) in [6, 6.07) is 10.6. The van der Waals surface area contributed by atoms with Crippen molar-refractivity contribution in [3.8, 4) is 5.75 Å². The second-order valence-electron chi connectivity index (χ2n) is 7.63. The molecule has 5 heteroatoms. The van der Waals surface area contributed by atoms with Crippen LogP contribution in [-0.4, -0.2) is 55.1 Å². The lowest BCUT2D eigenvalue weighted by Gasteiger charge is -2.35. The molecule has 0 atom stereocenters. The van der Waals surface area contributed by atoms with Crippen LogP contribution in [-0.2, 0) is 0 Å². The lowest BCUT2D eigenvalue weighted by molar-refractivity contribution is 0.0925. The maximum Gasteiger partial charge on any atom is 0.178 e. The quantitative estimate of drug-likeness (QED) is 0.728. The van der Waals surface area contributed by atoms with E-state index in [-0.39, 0.29) is 5.78 Å². The third-order valence-corrected chi connectivity index (χ3v) is 5.48. The highest BCUT2D eigenvalue weighted by atomic mass is 16.5. The Hall–Kier alpha value is -2.27. The fourth-order valence-electron chi connectivity index (χ4n) is 4.10. The van der Waals surface area contributed by atoms with E-state index in [9.17, 15) is 4.79 Å². The number of rotatable bonds is 6. The van der Waals surface area contributed by atoms with Crippen molar-refractivity contribution in [2.45, 2.75) is 33.7 Å². The molecule has 0 radical (unpaired) electrons. The predicted molar refractivity (Wildman–Crippen MR) is 110 cm³/mol. The van der Waals surface area contributed by atoms with Gasteiger partial charge in [-0.25, -0.2) is 0 Å². The molecular weight excluding hydrogens is 338 g/mol. The number of carbonyl (C=O) groups is 1. The Morgan fingerprint density at radius 3 is 2.22 bits per heavy atom. The maximum absolute atomic E-state index is 12.9. The number of ketones is 1. The maximum atomic E-state index is 12.9. The van der Waals surface area contributed by atoms with Crippen molar-refractivity contribution in [1.82, 2.24) is 9.47 Å². The molecule has 3 rings (SSSR count). The molecule has 1 aliphatic rings. The first-order chi connectivity index (χ1) is 12.9. The molecule has 146 valence electrons. The molecule has 0 bridgehead atoms. The number of anilines is 1. The molecule has 0 saturated carbocycles. The minimum Gasteiger partial charge on any atom is -0.497 e. The average Bonchev–Trinajstić information content (AvgIpc) is 2.97. The van der Waals surface area contributed by atoms with E-state index in [4.69, 9.17) is 4.74 Å². The second kappa shape index (κ2) is 8.17. The molecule has 1 aromatic heterocycles. The zero-order valence-electron chi connectivity index (χ0n) is 17.2. The highest BCUT2D eigenvalue weighted by Gasteiger charge is 2.22. The van der Waals surface area contributed by atoms with Crippen molar-refractivity contribution in [3.63, 3.8) is 0 Å². The minimum absolute atomic E-state index is 0.230. The van der Waals surface area contributed by atoms with Crippen molar-refractivity contribution < 1.29 is 9.53 Å². The number of aryl methyl sites for hydroxylation is 1. The number of benzene rings is 1. The van der Waals surface area contributed by atoms with Crippen LogP contribution in [0, 0.1) is 13.8 Å². The molecule has 1 aliphatic heterocycles. The molecule has 0 spiro atoms. The Morgan fingerprint density at radius 1 is 1.07 bits per heavy atom. The standard InChI is InChI=1S/C22H31N3O2/c1-16(2)25-17(3)14-21(18(25)4)22(26)15-23-10-12-24(13-11-23)19-6-8-20(27-5)9-7-19/h6-9,14,16H,10-13,15H2,1-5H3. The van der Waals surface area contributed by atoms with Gasteiger partial charge in [-0.2, -0.15) is 0 Å². The first-order valence-corrected chi connectivity index (χ1v) is 9.73. The highest BCUT2D eigenvalue weighted by Crippen LogP contribution is 2.22. The smallest absolute Gasteiger partial charge is 0.178 e. The van der Waals surface area contributed by atoms with Crippen molar-refractivity contribution in [1.29, 1.82) is 0 Å². The molecule has 2 heterocycles. The summed E-state index contributed by atoms with van der Waals surface area (Å²) < 4.78 is 7.47. The number of piperazine rings is 1. The van der Waals surface area contributed by atoms with E-state index in [1.165, 1.54) is 5.69 Å². The summed E-state index contributed by atoms with van der Waals surface area (Å²) in [6.45, 7) is 12.6. The van der Waals surface area contributed by atoms with Crippen molar-refractivity contribution >= 4 is 11.5 Å². The van der Waals surface area contributed by atoms with Gasteiger partial charge in [-0.1, -0.05) is 0 Å². The molecule has 5 nitrogen and oxygen atoms in total. The van der Waals surface area contributed by atoms with E-state index in [0.717, 1.165) is 48.9 Å². The Morgan fingerprint density at radius 2 is 1.70 bits per heavy atom. The average molecular weight is 370 g/mol. The van der Waals surface area contributed by atoms with Crippen LogP contribution in [0.3, 0.4) is 0 Å². The third kappa shape index (κ3) is 4.19. The Balaban J connectivity index is 1.59. The lowest BCUT2D eigenvalue weighted by Crippen LogP contribution is -2.48. The molecule has 0 aliphatic carbocycles. The Bertz CT molecular complexity index is 785. The van der Waals surface area contributed by atoms with Crippen molar-refractivity contribution in [2.75, 3.05) is 44.7 Å². The van der Waals surface area contributed by atoms with Gasteiger partial charge in [-0.15, -0.1) is 0 Å². The van der Waals surface area contributed by atoms with E-state index in [2.05, 4.69) is 54.2 Å². The van der Waals surface area contributed by atoms with Gasteiger partial charge in [0.1, 0.15) is 5.75 Å². The SMILES string of the molecule is COc1ccc(N2CCN(CC(=O)c3cc(C)n(C(C)C)c3C)CC2)cc1. The van der Waals surface area contributed by atoms with Crippen LogP contribution < -0.4 is 9.64 Å². The van der Waals surface area contributed by atoms with Crippen molar-refractivity contribution in [3.05, 3.63) is 47.3 Å². The van der Waals surface area contributed by atoms with Crippen LogP contribution in [0.5, 0.6) is 5.75 Å². The molecule has 2 aromatic rings. The van der Waals surface area contributed by atoms with Crippen LogP contribution >= 0.6 is 0 Å². The zero-order valence-corrected chi connectivity index (χ0v) is 17.2. The first kappa shape index (κ1) is 19.5. The summed E-state index contributed by atoms with van der Waals surface area (Å²) in [4.78, 5) is 17.5. The predicted octanol–water partition coefficient (Wildman–Crippen LogP) is 3.70. The number of hydrogen-bond acceptors (Lipinski definition) is 4. The van der Waals surface area contributed by atoms with Gasteiger partial charge < -0.3 is 14.2 Å². The number of methoxy groups -OCH3 is 1. The van der Waals surface area contributed by atoms with Gasteiger partial charge >= 0.3 is 0 Å². The normalized spacial score (nSPS) is 15.4. The molecule has 1 fully saturated rings. The molecule has 0 N–H and O–H groups in total. The van der Waals surface area contributed by atoms with Gasteiger partial charge in [0, 0.05) is 54.9 Å². The number of aromatic nitrogens is 1. The van der Waals surface area contributed by atoms with E-state index < -0.39 is 0 Å². The van der Waals surface area contributed by atoms with E-state index >= 15 is 0 Å². The van der Waals surface area contributed by atoms with Gasteiger partial charge in [0.15, 0.2) is 5.78 Å². The van der Waals surface area contributed by atoms with E-state index in [0.29, 0.717) is 12.6 Å². The minimum atomic E-state index is 0.230. The highest BCUT2D eigenvalue weighted by molar-refractivity contribution is 5.99. The molecule has 1 aromatic carbocycles. The van der Waals surface area contributed by atoms with Crippen LogP contribution in [0.2, 0.25) is 0 Å². The van der Waals surface area contributed by atoms with Crippen LogP contribution in [0.1, 0.15) is 41.6 Å². The summed E-state index contributed by atoms with van der Waals surface area (Å²) in [7, 11) is 1.68. The number of nitrogens with zero attached hydrogens (tertiary/aromatic N) is 3. The van der Waals surface area contributed by atoms with E-state index in [1.807, 2.05) is 18.2 Å². The fourth-order valence-corrected chi connectivity index (χ4v) is 4.10. The number of ether oxygens (including phenoxy) is 1. The summed E-state index contributed by atoms with van der Waals surface area (Å²) in [5.41, 5.74) is 4.33. The number of Topliss-reactive ketones (excluding diaryl/α,β-unsaturated/α-hetero) is 1. The summed E-state index contributed by atoms with van der Waals surface area (Å²) in [6.07, 6.45) is 0. The largest absolute Gasteiger partial charge is 0.497 e. The van der Waals surface area contributed by atoms with Gasteiger partial charge in [-0.05, 0) is 58.0 Å². The lowest BCUT2D eigenvalue weighted by atomic mass is 10.1. The summed E-state index contributed by atoms with van der Waals surface area (Å²) in [5.74, 6) is 1.11. The Labute approximate surface area is 162 Å². The first-order valence-electron chi connectivity index (χ1n) is 9.73. The summed E-state index contributed by atoms with van der Waals surface area (Å²) >= 11 is 0. The molecule has 27 heavy (non-hydrogen) atoms. The fraction of sp³-hybridized carbons (Fsp3) is 0.500. The van der Waals surface area contributed by atoms with Crippen LogP contribution in [0.15, 0.2) is 30.3 Å². The van der Waals surface area contributed by atoms with Gasteiger partial charge in [0.05, 0.1) is 13.7 Å². The number of carbonyl (C=O) groups excluding carboxylic acids is 1. The van der Waals surface area contributed by atoms with Crippen LogP contribution in [0.4, 0.5) is 5.69 Å². The van der Waals surface area contributed by atoms with E-state index in [1.54, 1.807) is 7.11 Å². The summed E-state index contributed by atoms with van der Waals surface area (Å²) in [5, 5.41) is 0.